The van der Waals surface area contributed by atoms with Crippen molar-refractivity contribution in [2.24, 2.45) is 0 Å². The minimum absolute atomic E-state index is 0.0301. The van der Waals surface area contributed by atoms with Gasteiger partial charge in [0, 0.05) is 12.6 Å². The number of aliphatic carboxylic acids is 1. The molecule has 0 spiro atoms. The second-order valence-electron chi connectivity index (χ2n) is 4.26. The number of carbonyl (C=O) groups excluding carboxylic acids is 1. The molecule has 1 aliphatic heterocycles. The van der Waals surface area contributed by atoms with Crippen LogP contribution in [0.25, 0.3) is 0 Å². The van der Waals surface area contributed by atoms with Crippen molar-refractivity contribution in [3.8, 4) is 0 Å². The van der Waals surface area contributed by atoms with Crippen molar-refractivity contribution < 1.29 is 19.4 Å². The summed E-state index contributed by atoms with van der Waals surface area (Å²) in [5, 5.41) is 11.5. The maximum absolute atomic E-state index is 11.8. The number of amides is 2. The van der Waals surface area contributed by atoms with E-state index in [0.29, 0.717) is 13.2 Å². The number of hydrogen-bond acceptors (Lipinski definition) is 3. The highest BCUT2D eigenvalue weighted by Crippen LogP contribution is 2.26. The first-order valence-electron chi connectivity index (χ1n) is 5.53. The fourth-order valence-corrected chi connectivity index (χ4v) is 1.80. The first-order chi connectivity index (χ1) is 7.66. The number of carbonyl (C=O) groups is 2. The van der Waals surface area contributed by atoms with Crippen molar-refractivity contribution in [2.75, 3.05) is 19.8 Å². The summed E-state index contributed by atoms with van der Waals surface area (Å²) in [6.45, 7) is 0.967. The van der Waals surface area contributed by atoms with Crippen molar-refractivity contribution in [3.63, 3.8) is 0 Å². The van der Waals surface area contributed by atoms with Crippen LogP contribution >= 0.6 is 0 Å². The summed E-state index contributed by atoms with van der Waals surface area (Å²) in [4.78, 5) is 23.9. The number of ether oxygens (including phenoxy) is 1. The number of carboxylic acid groups (broad SMARTS) is 1. The Morgan fingerprint density at radius 1 is 1.38 bits per heavy atom. The van der Waals surface area contributed by atoms with Gasteiger partial charge in [0.25, 0.3) is 0 Å². The largest absolute Gasteiger partial charge is 0.480 e. The van der Waals surface area contributed by atoms with E-state index in [4.69, 9.17) is 9.84 Å². The number of carboxylic acids is 1. The van der Waals surface area contributed by atoms with Gasteiger partial charge in [0.1, 0.15) is 6.54 Å². The van der Waals surface area contributed by atoms with E-state index in [1.165, 1.54) is 4.90 Å². The number of rotatable bonds is 4. The average Bonchev–Trinajstić information content (AvgIpc) is 2.94. The number of nitrogens with one attached hydrogen (secondary N) is 1. The van der Waals surface area contributed by atoms with Gasteiger partial charge in [-0.3, -0.25) is 4.79 Å². The highest BCUT2D eigenvalue weighted by Gasteiger charge is 2.34. The molecule has 1 unspecified atom stereocenters. The molecule has 0 bridgehead atoms. The molecule has 1 heterocycles. The van der Waals surface area contributed by atoms with Gasteiger partial charge in [-0.25, -0.2) is 4.79 Å². The van der Waals surface area contributed by atoms with Gasteiger partial charge < -0.3 is 20.1 Å². The van der Waals surface area contributed by atoms with Gasteiger partial charge in [-0.2, -0.15) is 0 Å². The summed E-state index contributed by atoms with van der Waals surface area (Å²) >= 11 is 0. The summed E-state index contributed by atoms with van der Waals surface area (Å²) in [6, 6.07) is -0.138. The third-order valence-corrected chi connectivity index (χ3v) is 2.81. The molecule has 1 saturated carbocycles. The van der Waals surface area contributed by atoms with E-state index in [2.05, 4.69) is 5.32 Å². The predicted octanol–water partition coefficient (Wildman–Crippen LogP) is 0.0339. The zero-order valence-corrected chi connectivity index (χ0v) is 9.02. The van der Waals surface area contributed by atoms with Crippen LogP contribution in [0, 0.1) is 0 Å². The van der Waals surface area contributed by atoms with Gasteiger partial charge in [0.2, 0.25) is 0 Å². The van der Waals surface area contributed by atoms with Gasteiger partial charge >= 0.3 is 12.0 Å². The molecule has 2 aliphatic rings. The van der Waals surface area contributed by atoms with E-state index < -0.39 is 5.97 Å². The summed E-state index contributed by atoms with van der Waals surface area (Å²) < 4.78 is 5.15. The summed E-state index contributed by atoms with van der Waals surface area (Å²) in [5.41, 5.74) is 0. The Labute approximate surface area is 93.6 Å². The lowest BCUT2D eigenvalue weighted by Crippen LogP contribution is -2.47. The molecule has 0 aromatic rings. The van der Waals surface area contributed by atoms with Crippen molar-refractivity contribution in [1.82, 2.24) is 10.2 Å². The first kappa shape index (κ1) is 11.2. The third kappa shape index (κ3) is 2.85. The van der Waals surface area contributed by atoms with Gasteiger partial charge in [0.05, 0.1) is 12.6 Å². The van der Waals surface area contributed by atoms with Crippen LogP contribution in [0.1, 0.15) is 19.3 Å². The normalized spacial score (nSPS) is 24.1. The second kappa shape index (κ2) is 4.69. The van der Waals surface area contributed by atoms with Gasteiger partial charge in [-0.05, 0) is 19.3 Å². The highest BCUT2D eigenvalue weighted by molar-refractivity contribution is 5.80. The molecule has 90 valence electrons. The van der Waals surface area contributed by atoms with Crippen LogP contribution in [0.2, 0.25) is 0 Å². The molecule has 6 heteroatoms. The molecule has 1 saturated heterocycles. The smallest absolute Gasteiger partial charge is 0.323 e. The molecule has 0 aromatic carbocycles. The Hall–Kier alpha value is -1.30. The van der Waals surface area contributed by atoms with Crippen LogP contribution in [0.4, 0.5) is 4.79 Å². The fraction of sp³-hybridized carbons (Fsp3) is 0.800. The average molecular weight is 228 g/mol. The van der Waals surface area contributed by atoms with Crippen LogP contribution in [0.15, 0.2) is 0 Å². The summed E-state index contributed by atoms with van der Waals surface area (Å²) in [6.07, 6.45) is 2.61. The molecule has 2 N–H and O–H groups in total. The lowest BCUT2D eigenvalue weighted by molar-refractivity contribution is -0.137. The number of urea groups is 1. The van der Waals surface area contributed by atoms with E-state index in [1.807, 2.05) is 0 Å². The van der Waals surface area contributed by atoms with Crippen molar-refractivity contribution in [2.45, 2.75) is 31.3 Å². The van der Waals surface area contributed by atoms with E-state index in [1.54, 1.807) is 0 Å². The van der Waals surface area contributed by atoms with Crippen molar-refractivity contribution >= 4 is 12.0 Å². The first-order valence-corrected chi connectivity index (χ1v) is 5.53. The Kier molecular flexibility index (Phi) is 3.28. The van der Waals surface area contributed by atoms with Crippen LogP contribution in [-0.2, 0) is 9.53 Å². The lowest BCUT2D eigenvalue weighted by atomic mass is 10.3. The Morgan fingerprint density at radius 3 is 2.62 bits per heavy atom. The molecule has 6 nitrogen and oxygen atoms in total. The molecule has 2 fully saturated rings. The van der Waals surface area contributed by atoms with Crippen molar-refractivity contribution in [3.05, 3.63) is 0 Å². The van der Waals surface area contributed by atoms with Crippen LogP contribution in [-0.4, -0.2) is 53.8 Å². The SMILES string of the molecule is O=C(O)CN(C(=O)NC1CCOC1)C1CC1. The third-order valence-electron chi connectivity index (χ3n) is 2.81. The Balaban J connectivity index is 1.85. The van der Waals surface area contributed by atoms with Crippen LogP contribution in [0.3, 0.4) is 0 Å². The fourth-order valence-electron chi connectivity index (χ4n) is 1.80. The standard InChI is InChI=1S/C10H16N2O4/c13-9(14)5-12(8-1-2-8)10(15)11-7-3-4-16-6-7/h7-8H,1-6H2,(H,11,15)(H,13,14). The molecule has 1 aliphatic carbocycles. The number of hydrogen-bond donors (Lipinski definition) is 2. The van der Waals surface area contributed by atoms with E-state index >= 15 is 0 Å². The number of nitrogens with zero attached hydrogens (tertiary/aromatic N) is 1. The molecular formula is C10H16N2O4. The van der Waals surface area contributed by atoms with E-state index in [9.17, 15) is 9.59 Å². The quantitative estimate of drug-likeness (QED) is 0.711. The Bertz CT molecular complexity index is 285. The molecular weight excluding hydrogens is 212 g/mol. The second-order valence-corrected chi connectivity index (χ2v) is 4.26. The zero-order valence-electron chi connectivity index (χ0n) is 9.02. The summed E-state index contributed by atoms with van der Waals surface area (Å²) in [5.74, 6) is -0.968. The highest BCUT2D eigenvalue weighted by atomic mass is 16.5. The molecule has 16 heavy (non-hydrogen) atoms. The predicted molar refractivity (Wildman–Crippen MR) is 55.1 cm³/mol. The van der Waals surface area contributed by atoms with Gasteiger partial charge in [-0.1, -0.05) is 0 Å². The van der Waals surface area contributed by atoms with Gasteiger partial charge in [0.15, 0.2) is 0 Å². The van der Waals surface area contributed by atoms with Crippen molar-refractivity contribution in [1.29, 1.82) is 0 Å². The van der Waals surface area contributed by atoms with Crippen LogP contribution in [0.5, 0.6) is 0 Å². The monoisotopic (exact) mass is 228 g/mol. The maximum atomic E-state index is 11.8. The van der Waals surface area contributed by atoms with Crippen LogP contribution < -0.4 is 5.32 Å². The topological polar surface area (TPSA) is 78.9 Å². The molecule has 2 rings (SSSR count). The van der Waals surface area contributed by atoms with E-state index in [0.717, 1.165) is 19.3 Å². The molecule has 2 amide bonds. The molecule has 0 radical (unpaired) electrons. The van der Waals surface area contributed by atoms with E-state index in [-0.39, 0.29) is 24.7 Å². The minimum atomic E-state index is -0.968. The molecule has 0 aromatic heterocycles. The lowest BCUT2D eigenvalue weighted by Gasteiger charge is -2.22. The Morgan fingerprint density at radius 2 is 2.12 bits per heavy atom. The molecule has 1 atom stereocenters. The zero-order chi connectivity index (χ0) is 11.5. The summed E-state index contributed by atoms with van der Waals surface area (Å²) in [7, 11) is 0. The maximum Gasteiger partial charge on any atom is 0.323 e. The minimum Gasteiger partial charge on any atom is -0.480 e. The van der Waals surface area contributed by atoms with Gasteiger partial charge in [-0.15, -0.1) is 0 Å².